The van der Waals surface area contributed by atoms with Gasteiger partial charge in [0.25, 0.3) is 11.5 Å². The van der Waals surface area contributed by atoms with Gasteiger partial charge in [-0.15, -0.1) is 0 Å². The van der Waals surface area contributed by atoms with Crippen molar-refractivity contribution >= 4 is 29.0 Å². The Hall–Kier alpha value is -3.38. The Morgan fingerprint density at radius 1 is 0.806 bits per heavy atom. The van der Waals surface area contributed by atoms with E-state index in [0.717, 1.165) is 10.3 Å². The third-order valence-corrected chi connectivity index (χ3v) is 5.66. The van der Waals surface area contributed by atoms with Crippen LogP contribution in [0.25, 0.3) is 0 Å². The van der Waals surface area contributed by atoms with E-state index in [-0.39, 0.29) is 5.02 Å². The zero-order chi connectivity index (χ0) is 21.8. The van der Waals surface area contributed by atoms with Gasteiger partial charge in [-0.2, -0.15) is 0 Å². The lowest BCUT2D eigenvalue weighted by atomic mass is 10.0. The lowest BCUT2D eigenvalue weighted by Gasteiger charge is -2.37. The van der Waals surface area contributed by atoms with Gasteiger partial charge in [0.2, 0.25) is 0 Å². The average Bonchev–Trinajstić information content (AvgIpc) is 2.82. The van der Waals surface area contributed by atoms with Crippen LogP contribution in [0.4, 0.5) is 5.69 Å². The number of pyridine rings is 1. The van der Waals surface area contributed by atoms with Crippen LogP contribution in [-0.4, -0.2) is 47.3 Å². The van der Waals surface area contributed by atoms with Gasteiger partial charge >= 0.3 is 0 Å². The minimum atomic E-state index is -1.29. The first-order valence-corrected chi connectivity index (χ1v) is 10.5. The summed E-state index contributed by atoms with van der Waals surface area (Å²) in [6.07, 6.45) is 1.35. The number of halogens is 1. The number of piperazine rings is 1. The second-order valence-corrected chi connectivity index (χ2v) is 7.81. The fourth-order valence-corrected chi connectivity index (χ4v) is 3.96. The summed E-state index contributed by atoms with van der Waals surface area (Å²) in [5.74, 6) is -0.827. The summed E-state index contributed by atoms with van der Waals surface area (Å²) in [5.41, 5.74) is 1.02. The molecular weight excluding hydrogens is 414 g/mol. The fourth-order valence-electron chi connectivity index (χ4n) is 3.79. The number of nitrogens with zero attached hydrogens (tertiary/aromatic N) is 3. The number of aromatic nitrogens is 1. The maximum Gasteiger partial charge on any atom is 0.253 e. The molecule has 2 aromatic carbocycles. The molecule has 0 unspecified atom stereocenters. The van der Waals surface area contributed by atoms with E-state index in [1.54, 1.807) is 35.2 Å². The Morgan fingerprint density at radius 3 is 2.06 bits per heavy atom. The van der Waals surface area contributed by atoms with Crippen LogP contribution in [-0.2, 0) is 4.79 Å². The SMILES string of the molecule is O=C(c1ccccc1)[C@H](C(=O)N1CCN(c2ccccc2)CC1)n1cc(Cl)ccc1=O. The monoisotopic (exact) mass is 435 g/mol. The molecule has 1 fully saturated rings. The van der Waals surface area contributed by atoms with Gasteiger partial charge in [-0.1, -0.05) is 60.1 Å². The normalized spacial score (nSPS) is 14.9. The van der Waals surface area contributed by atoms with Gasteiger partial charge in [-0.25, -0.2) is 0 Å². The fraction of sp³-hybridized carbons (Fsp3) is 0.208. The zero-order valence-corrected chi connectivity index (χ0v) is 17.6. The van der Waals surface area contributed by atoms with Crippen LogP contribution in [0.5, 0.6) is 0 Å². The number of hydrogen-bond donors (Lipinski definition) is 0. The third-order valence-electron chi connectivity index (χ3n) is 5.43. The van der Waals surface area contributed by atoms with Gasteiger partial charge in [-0.3, -0.25) is 19.0 Å². The molecule has 1 atom stereocenters. The average molecular weight is 436 g/mol. The molecule has 0 saturated carbocycles. The number of rotatable bonds is 5. The molecule has 2 heterocycles. The molecule has 0 aliphatic carbocycles. The number of amides is 1. The highest BCUT2D eigenvalue weighted by atomic mass is 35.5. The minimum Gasteiger partial charge on any atom is -0.368 e. The molecule has 3 aromatic rings. The Kier molecular flexibility index (Phi) is 6.18. The van der Waals surface area contributed by atoms with Crippen LogP contribution >= 0.6 is 11.6 Å². The van der Waals surface area contributed by atoms with Gasteiger partial charge in [0.05, 0.1) is 5.02 Å². The summed E-state index contributed by atoms with van der Waals surface area (Å²) >= 11 is 6.09. The molecular formula is C24H22ClN3O3. The van der Waals surface area contributed by atoms with E-state index in [2.05, 4.69) is 4.90 Å². The summed E-state index contributed by atoms with van der Waals surface area (Å²) in [7, 11) is 0. The van der Waals surface area contributed by atoms with Gasteiger partial charge < -0.3 is 9.80 Å². The van der Waals surface area contributed by atoms with Crippen molar-refractivity contribution in [2.45, 2.75) is 6.04 Å². The molecule has 158 valence electrons. The summed E-state index contributed by atoms with van der Waals surface area (Å²) < 4.78 is 1.14. The smallest absolute Gasteiger partial charge is 0.253 e. The molecule has 31 heavy (non-hydrogen) atoms. The van der Waals surface area contributed by atoms with E-state index in [1.165, 1.54) is 18.3 Å². The highest BCUT2D eigenvalue weighted by Gasteiger charge is 2.35. The molecule has 4 rings (SSSR count). The van der Waals surface area contributed by atoms with Crippen molar-refractivity contribution in [2.75, 3.05) is 31.1 Å². The molecule has 1 saturated heterocycles. The molecule has 1 aromatic heterocycles. The maximum atomic E-state index is 13.5. The standard InChI is InChI=1S/C24H22ClN3O3/c25-19-11-12-21(29)28(17-19)22(23(30)18-7-3-1-4-8-18)24(31)27-15-13-26(14-16-27)20-9-5-2-6-10-20/h1-12,17,22H,13-16H2/t22-/m1/s1. The van der Waals surface area contributed by atoms with Gasteiger partial charge in [0.1, 0.15) is 0 Å². The van der Waals surface area contributed by atoms with Crippen molar-refractivity contribution in [1.29, 1.82) is 0 Å². The van der Waals surface area contributed by atoms with Crippen LogP contribution in [0.15, 0.2) is 83.8 Å². The Bertz CT molecular complexity index is 1120. The molecule has 1 aliphatic rings. The number of ketones is 1. The van der Waals surface area contributed by atoms with Crippen molar-refractivity contribution in [1.82, 2.24) is 9.47 Å². The quantitative estimate of drug-likeness (QED) is 0.456. The summed E-state index contributed by atoms with van der Waals surface area (Å²) in [5, 5.41) is 0.284. The Morgan fingerprint density at radius 2 is 1.42 bits per heavy atom. The Labute approximate surface area is 185 Å². The lowest BCUT2D eigenvalue weighted by molar-refractivity contribution is -0.133. The summed E-state index contributed by atoms with van der Waals surface area (Å²) in [6.45, 7) is 2.21. The zero-order valence-electron chi connectivity index (χ0n) is 16.9. The molecule has 7 heteroatoms. The number of hydrogen-bond acceptors (Lipinski definition) is 4. The maximum absolute atomic E-state index is 13.5. The van der Waals surface area contributed by atoms with Crippen LogP contribution < -0.4 is 10.5 Å². The van der Waals surface area contributed by atoms with Crippen LogP contribution in [0.1, 0.15) is 16.4 Å². The van der Waals surface area contributed by atoms with Gasteiger partial charge in [-0.05, 0) is 18.2 Å². The van der Waals surface area contributed by atoms with Crippen LogP contribution in [0.3, 0.4) is 0 Å². The van der Waals surface area contributed by atoms with E-state index in [4.69, 9.17) is 11.6 Å². The first-order chi connectivity index (χ1) is 15.0. The van der Waals surface area contributed by atoms with E-state index in [1.807, 2.05) is 30.3 Å². The van der Waals surface area contributed by atoms with Crippen molar-refractivity contribution in [3.8, 4) is 0 Å². The van der Waals surface area contributed by atoms with E-state index in [0.29, 0.717) is 31.7 Å². The van der Waals surface area contributed by atoms with Gasteiger partial charge in [0, 0.05) is 49.7 Å². The predicted molar refractivity (Wildman–Crippen MR) is 121 cm³/mol. The highest BCUT2D eigenvalue weighted by molar-refractivity contribution is 6.30. The number of para-hydroxylation sites is 1. The van der Waals surface area contributed by atoms with Gasteiger partial charge in [0.15, 0.2) is 11.8 Å². The minimum absolute atomic E-state index is 0.284. The van der Waals surface area contributed by atoms with Crippen molar-refractivity contribution < 1.29 is 9.59 Å². The van der Waals surface area contributed by atoms with Crippen molar-refractivity contribution in [3.63, 3.8) is 0 Å². The number of Topliss-reactive ketones (excluding diaryl/α,β-unsaturated/α-hetero) is 1. The lowest BCUT2D eigenvalue weighted by Crippen LogP contribution is -2.52. The molecule has 1 amide bonds. The van der Waals surface area contributed by atoms with E-state index in [9.17, 15) is 14.4 Å². The summed E-state index contributed by atoms with van der Waals surface area (Å²) in [6, 6.07) is 20.0. The first-order valence-electron chi connectivity index (χ1n) is 10.1. The number of anilines is 1. The summed E-state index contributed by atoms with van der Waals surface area (Å²) in [4.78, 5) is 43.2. The van der Waals surface area contributed by atoms with E-state index < -0.39 is 23.3 Å². The second kappa shape index (κ2) is 9.18. The molecule has 0 bridgehead atoms. The number of benzene rings is 2. The largest absolute Gasteiger partial charge is 0.368 e. The molecule has 0 N–H and O–H groups in total. The molecule has 0 radical (unpaired) electrons. The Balaban J connectivity index is 1.61. The topological polar surface area (TPSA) is 62.6 Å². The molecule has 1 aliphatic heterocycles. The van der Waals surface area contributed by atoms with E-state index >= 15 is 0 Å². The number of carbonyl (C=O) groups excluding carboxylic acids is 2. The predicted octanol–water partition coefficient (Wildman–Crippen LogP) is 3.27. The molecule has 6 nitrogen and oxygen atoms in total. The first kappa shape index (κ1) is 20.9. The third kappa shape index (κ3) is 4.54. The second-order valence-electron chi connectivity index (χ2n) is 7.37. The highest BCUT2D eigenvalue weighted by Crippen LogP contribution is 2.21. The van der Waals surface area contributed by atoms with Crippen molar-refractivity contribution in [2.24, 2.45) is 0 Å². The van der Waals surface area contributed by atoms with Crippen LogP contribution in [0, 0.1) is 0 Å². The number of carbonyl (C=O) groups is 2. The van der Waals surface area contributed by atoms with Crippen LogP contribution in [0.2, 0.25) is 5.02 Å². The van der Waals surface area contributed by atoms with Crippen molar-refractivity contribution in [3.05, 3.63) is 99.9 Å². The molecule has 0 spiro atoms.